The van der Waals surface area contributed by atoms with Crippen LogP contribution in [0.2, 0.25) is 0 Å². The predicted molar refractivity (Wildman–Crippen MR) is 74.0 cm³/mol. The number of carbonyl (C=O) groups excluding carboxylic acids is 1. The van der Waals surface area contributed by atoms with E-state index in [4.69, 9.17) is 0 Å². The van der Waals surface area contributed by atoms with Crippen LogP contribution in [0.4, 0.5) is 5.69 Å². The highest BCUT2D eigenvalue weighted by atomic mass is 16.2. The molecule has 0 saturated carbocycles. The first-order chi connectivity index (χ1) is 9.31. The van der Waals surface area contributed by atoms with Crippen molar-refractivity contribution in [1.29, 1.82) is 0 Å². The van der Waals surface area contributed by atoms with Gasteiger partial charge in [0.1, 0.15) is 6.04 Å². The lowest BCUT2D eigenvalue weighted by molar-refractivity contribution is -0.114. The van der Waals surface area contributed by atoms with Crippen LogP contribution in [0.25, 0.3) is 0 Å². The van der Waals surface area contributed by atoms with Crippen LogP contribution < -0.4 is 4.90 Å². The molecule has 1 amide bonds. The molecule has 0 saturated heterocycles. The summed E-state index contributed by atoms with van der Waals surface area (Å²) in [6.45, 7) is 3.13. The highest BCUT2D eigenvalue weighted by molar-refractivity contribution is 5.98. The Morgan fingerprint density at radius 3 is 2.95 bits per heavy atom. The second-order valence-electron chi connectivity index (χ2n) is 4.97. The number of hydrogen-bond donors (Lipinski definition) is 0. The molecule has 1 atom stereocenters. The normalized spacial score (nSPS) is 20.3. The summed E-state index contributed by atoms with van der Waals surface area (Å²) in [4.78, 5) is 13.9. The van der Waals surface area contributed by atoms with Crippen LogP contribution in [0.3, 0.4) is 0 Å². The highest BCUT2D eigenvalue weighted by Crippen LogP contribution is 2.41. The van der Waals surface area contributed by atoms with Crippen molar-refractivity contribution in [3.8, 4) is 0 Å². The van der Waals surface area contributed by atoms with E-state index in [1.165, 1.54) is 12.8 Å². The summed E-state index contributed by atoms with van der Waals surface area (Å²) >= 11 is 0. The number of azo groups is 1. The van der Waals surface area contributed by atoms with Crippen LogP contribution in [-0.4, -0.2) is 12.5 Å². The zero-order valence-corrected chi connectivity index (χ0v) is 11.0. The SMILES string of the molecule is CCCCCN1C=C2C(=O)N=NC2c2ccccc21. The van der Waals surface area contributed by atoms with Gasteiger partial charge in [0.05, 0.1) is 5.57 Å². The average molecular weight is 255 g/mol. The van der Waals surface area contributed by atoms with Crippen molar-refractivity contribution in [2.75, 3.05) is 11.4 Å². The molecule has 2 heterocycles. The first-order valence-electron chi connectivity index (χ1n) is 6.83. The molecule has 1 aromatic rings. The van der Waals surface area contributed by atoms with E-state index < -0.39 is 0 Å². The fraction of sp³-hybridized carbons (Fsp3) is 0.400. The van der Waals surface area contributed by atoms with Gasteiger partial charge >= 0.3 is 0 Å². The minimum absolute atomic E-state index is 0.189. The van der Waals surface area contributed by atoms with Crippen molar-refractivity contribution in [1.82, 2.24) is 0 Å². The number of amides is 1. The molecule has 0 aliphatic carbocycles. The molecule has 4 heteroatoms. The minimum Gasteiger partial charge on any atom is -0.347 e. The standard InChI is InChI=1S/C15H17N3O/c1-2-3-6-9-18-10-12-14(16-17-15(12)19)11-7-4-5-8-13(11)18/h4-5,7-8,10,14H,2-3,6,9H2,1H3. The Morgan fingerprint density at radius 1 is 1.26 bits per heavy atom. The Hall–Kier alpha value is -1.97. The van der Waals surface area contributed by atoms with E-state index >= 15 is 0 Å². The summed E-state index contributed by atoms with van der Waals surface area (Å²) in [7, 11) is 0. The van der Waals surface area contributed by atoms with Crippen molar-refractivity contribution < 1.29 is 4.79 Å². The fourth-order valence-corrected chi connectivity index (χ4v) is 2.64. The first-order valence-corrected chi connectivity index (χ1v) is 6.83. The smallest absolute Gasteiger partial charge is 0.295 e. The van der Waals surface area contributed by atoms with Gasteiger partial charge in [-0.1, -0.05) is 38.0 Å². The van der Waals surface area contributed by atoms with Crippen LogP contribution in [0, 0.1) is 0 Å². The van der Waals surface area contributed by atoms with Gasteiger partial charge in [-0.15, -0.1) is 5.11 Å². The van der Waals surface area contributed by atoms with Gasteiger partial charge in [-0.3, -0.25) is 4.79 Å². The maximum Gasteiger partial charge on any atom is 0.295 e. The number of benzene rings is 1. The quantitative estimate of drug-likeness (QED) is 0.771. The Labute approximate surface area is 112 Å². The highest BCUT2D eigenvalue weighted by Gasteiger charge is 2.34. The molecule has 0 bridgehead atoms. The predicted octanol–water partition coefficient (Wildman–Crippen LogP) is 3.61. The molecular formula is C15H17N3O. The monoisotopic (exact) mass is 255 g/mol. The maximum absolute atomic E-state index is 11.7. The van der Waals surface area contributed by atoms with Crippen LogP contribution in [-0.2, 0) is 4.79 Å². The van der Waals surface area contributed by atoms with Gasteiger partial charge < -0.3 is 4.90 Å². The third-order valence-electron chi connectivity index (χ3n) is 3.64. The molecule has 2 aliphatic heterocycles. The second-order valence-corrected chi connectivity index (χ2v) is 4.97. The largest absolute Gasteiger partial charge is 0.347 e. The van der Waals surface area contributed by atoms with Crippen LogP contribution >= 0.6 is 0 Å². The van der Waals surface area contributed by atoms with Crippen LogP contribution in [0.1, 0.15) is 37.8 Å². The Kier molecular flexibility index (Phi) is 3.15. The minimum atomic E-state index is -0.194. The van der Waals surface area contributed by atoms with E-state index in [1.807, 2.05) is 24.4 Å². The maximum atomic E-state index is 11.7. The number of unbranched alkanes of at least 4 members (excludes halogenated alkanes) is 2. The van der Waals surface area contributed by atoms with Gasteiger partial charge in [-0.2, -0.15) is 5.11 Å². The second kappa shape index (κ2) is 4.96. The van der Waals surface area contributed by atoms with Crippen LogP contribution in [0.15, 0.2) is 46.3 Å². The molecule has 1 aromatic carbocycles. The molecule has 0 spiro atoms. The Bertz CT molecular complexity index is 562. The number of anilines is 1. The number of para-hydroxylation sites is 1. The fourth-order valence-electron chi connectivity index (χ4n) is 2.64. The van der Waals surface area contributed by atoms with Gasteiger partial charge in [-0.25, -0.2) is 0 Å². The van der Waals surface area contributed by atoms with E-state index in [0.29, 0.717) is 5.57 Å². The molecule has 0 fully saturated rings. The summed E-state index contributed by atoms with van der Waals surface area (Å²) in [6.07, 6.45) is 5.46. The Morgan fingerprint density at radius 2 is 2.11 bits per heavy atom. The molecule has 2 aliphatic rings. The molecule has 3 rings (SSSR count). The molecule has 0 N–H and O–H groups in total. The third kappa shape index (κ3) is 2.07. The lowest BCUT2D eigenvalue weighted by atomic mass is 9.94. The summed E-state index contributed by atoms with van der Waals surface area (Å²) < 4.78 is 0. The van der Waals surface area contributed by atoms with E-state index in [2.05, 4.69) is 28.1 Å². The number of rotatable bonds is 4. The summed E-state index contributed by atoms with van der Waals surface area (Å²) in [5, 5.41) is 7.79. The molecule has 0 radical (unpaired) electrons. The number of hydrogen-bond acceptors (Lipinski definition) is 3. The summed E-state index contributed by atoms with van der Waals surface area (Å²) in [6, 6.07) is 7.96. The van der Waals surface area contributed by atoms with Gasteiger partial charge in [0.15, 0.2) is 0 Å². The average Bonchev–Trinajstić information content (AvgIpc) is 2.81. The number of fused-ring (bicyclic) bond motifs is 3. The van der Waals surface area contributed by atoms with Gasteiger partial charge in [0.2, 0.25) is 0 Å². The van der Waals surface area contributed by atoms with Crippen LogP contribution in [0.5, 0.6) is 0 Å². The lowest BCUT2D eigenvalue weighted by Gasteiger charge is -2.29. The summed E-state index contributed by atoms with van der Waals surface area (Å²) in [5.41, 5.74) is 2.95. The van der Waals surface area contributed by atoms with Gasteiger partial charge in [-0.05, 0) is 12.5 Å². The van der Waals surface area contributed by atoms with Crippen molar-refractivity contribution in [3.05, 3.63) is 41.6 Å². The summed E-state index contributed by atoms with van der Waals surface area (Å²) in [5.74, 6) is -0.194. The van der Waals surface area contributed by atoms with E-state index in [1.54, 1.807) is 0 Å². The van der Waals surface area contributed by atoms with E-state index in [9.17, 15) is 4.79 Å². The molecule has 0 aromatic heterocycles. The topological polar surface area (TPSA) is 45.0 Å². The van der Waals surface area contributed by atoms with Crippen molar-refractivity contribution >= 4 is 11.6 Å². The molecule has 98 valence electrons. The van der Waals surface area contributed by atoms with Gasteiger partial charge in [0, 0.05) is 24.0 Å². The first kappa shape index (κ1) is 12.1. The number of carbonyl (C=O) groups is 1. The zero-order chi connectivity index (χ0) is 13.2. The molecular weight excluding hydrogens is 238 g/mol. The third-order valence-corrected chi connectivity index (χ3v) is 3.64. The van der Waals surface area contributed by atoms with Crippen molar-refractivity contribution in [3.63, 3.8) is 0 Å². The van der Waals surface area contributed by atoms with E-state index in [0.717, 1.165) is 24.2 Å². The van der Waals surface area contributed by atoms with Crippen molar-refractivity contribution in [2.24, 2.45) is 10.2 Å². The van der Waals surface area contributed by atoms with Crippen molar-refractivity contribution in [2.45, 2.75) is 32.2 Å². The lowest BCUT2D eigenvalue weighted by Crippen LogP contribution is -2.25. The Balaban J connectivity index is 1.94. The molecule has 4 nitrogen and oxygen atoms in total. The number of nitrogens with zero attached hydrogens (tertiary/aromatic N) is 3. The molecule has 19 heavy (non-hydrogen) atoms. The zero-order valence-electron chi connectivity index (χ0n) is 11.0. The van der Waals surface area contributed by atoms with Gasteiger partial charge in [0.25, 0.3) is 5.91 Å². The van der Waals surface area contributed by atoms with E-state index in [-0.39, 0.29) is 11.9 Å². The molecule has 1 unspecified atom stereocenters.